The topological polar surface area (TPSA) is 52.3 Å². The number of nitrogens with two attached hydrogens (primary N) is 1. The molecule has 0 saturated heterocycles. The van der Waals surface area contributed by atoms with Gasteiger partial charge in [0, 0.05) is 16.1 Å². The van der Waals surface area contributed by atoms with E-state index >= 15 is 0 Å². The summed E-state index contributed by atoms with van der Waals surface area (Å²) in [5, 5.41) is 0. The van der Waals surface area contributed by atoms with E-state index in [1.54, 1.807) is 7.11 Å². The molecule has 0 amide bonds. The van der Waals surface area contributed by atoms with Crippen LogP contribution in [0.4, 0.5) is 5.69 Å². The Bertz CT molecular complexity index is 611. The average molecular weight is 275 g/mol. The third kappa shape index (κ3) is 2.96. The zero-order valence-corrected chi connectivity index (χ0v) is 11.9. The van der Waals surface area contributed by atoms with Gasteiger partial charge >= 0.3 is 0 Å². The van der Waals surface area contributed by atoms with Crippen LogP contribution in [0.1, 0.15) is 11.1 Å². The van der Waals surface area contributed by atoms with Gasteiger partial charge in [-0.3, -0.25) is 4.21 Å². The fourth-order valence-electron chi connectivity index (χ4n) is 1.92. The first kappa shape index (κ1) is 13.6. The molecular weight excluding hydrogens is 258 g/mol. The number of rotatable bonds is 4. The van der Waals surface area contributed by atoms with Crippen molar-refractivity contribution in [3.8, 4) is 5.75 Å². The number of anilines is 1. The van der Waals surface area contributed by atoms with Gasteiger partial charge in [-0.15, -0.1) is 0 Å². The van der Waals surface area contributed by atoms with Crippen molar-refractivity contribution in [3.05, 3.63) is 53.6 Å². The van der Waals surface area contributed by atoms with Crippen LogP contribution < -0.4 is 10.5 Å². The molecule has 1 atom stereocenters. The van der Waals surface area contributed by atoms with Crippen LogP contribution in [0.2, 0.25) is 0 Å². The lowest BCUT2D eigenvalue weighted by molar-refractivity contribution is 0.411. The normalized spacial score (nSPS) is 12.1. The first-order valence-corrected chi connectivity index (χ1v) is 7.30. The van der Waals surface area contributed by atoms with Crippen LogP contribution in [0.25, 0.3) is 0 Å². The average Bonchev–Trinajstić information content (AvgIpc) is 2.42. The van der Waals surface area contributed by atoms with Gasteiger partial charge in [-0.1, -0.05) is 24.3 Å². The minimum atomic E-state index is -1.13. The molecule has 2 aromatic rings. The molecule has 0 radical (unpaired) electrons. The van der Waals surface area contributed by atoms with Crippen molar-refractivity contribution in [2.75, 3.05) is 12.8 Å². The maximum atomic E-state index is 12.5. The molecule has 0 aliphatic rings. The Morgan fingerprint density at radius 3 is 2.63 bits per heavy atom. The third-order valence-electron chi connectivity index (χ3n) is 3.05. The second kappa shape index (κ2) is 5.89. The third-order valence-corrected chi connectivity index (χ3v) is 4.56. The van der Waals surface area contributed by atoms with Gasteiger partial charge in [-0.05, 0) is 30.7 Å². The smallest absolute Gasteiger partial charge is 0.122 e. The Kier molecular flexibility index (Phi) is 4.22. The van der Waals surface area contributed by atoms with E-state index in [0.29, 0.717) is 11.4 Å². The predicted molar refractivity (Wildman–Crippen MR) is 78.7 cm³/mol. The highest BCUT2D eigenvalue weighted by atomic mass is 32.2. The molecule has 1 unspecified atom stereocenters. The molecule has 2 N–H and O–H groups in total. The largest absolute Gasteiger partial charge is 0.496 e. The zero-order valence-electron chi connectivity index (χ0n) is 11.1. The summed E-state index contributed by atoms with van der Waals surface area (Å²) in [6, 6.07) is 13.1. The highest BCUT2D eigenvalue weighted by molar-refractivity contribution is 7.84. The molecule has 100 valence electrons. The van der Waals surface area contributed by atoms with E-state index in [4.69, 9.17) is 10.5 Å². The van der Waals surface area contributed by atoms with Crippen molar-refractivity contribution < 1.29 is 8.95 Å². The molecule has 0 bridgehead atoms. The molecular formula is C15H17NO2S. The fraction of sp³-hybridized carbons (Fsp3) is 0.200. The predicted octanol–water partition coefficient (Wildman–Crippen LogP) is 2.89. The van der Waals surface area contributed by atoms with Gasteiger partial charge in [-0.2, -0.15) is 0 Å². The summed E-state index contributed by atoms with van der Waals surface area (Å²) in [6.07, 6.45) is 0. The lowest BCUT2D eigenvalue weighted by Crippen LogP contribution is -2.02. The highest BCUT2D eigenvalue weighted by Crippen LogP contribution is 2.24. The molecule has 4 heteroatoms. The Morgan fingerprint density at radius 1 is 1.16 bits per heavy atom. The molecule has 0 spiro atoms. The Morgan fingerprint density at radius 2 is 1.89 bits per heavy atom. The Labute approximate surface area is 115 Å². The van der Waals surface area contributed by atoms with E-state index in [2.05, 4.69) is 0 Å². The minimum absolute atomic E-state index is 0.425. The van der Waals surface area contributed by atoms with Crippen LogP contribution in [0.15, 0.2) is 47.4 Å². The lowest BCUT2D eigenvalue weighted by atomic mass is 10.2. The van der Waals surface area contributed by atoms with Gasteiger partial charge in [0.15, 0.2) is 0 Å². The van der Waals surface area contributed by atoms with Crippen LogP contribution in [-0.4, -0.2) is 11.3 Å². The highest BCUT2D eigenvalue weighted by Gasteiger charge is 2.12. The maximum absolute atomic E-state index is 12.5. The monoisotopic (exact) mass is 275 g/mol. The van der Waals surface area contributed by atoms with Gasteiger partial charge in [0.05, 0.1) is 23.7 Å². The van der Waals surface area contributed by atoms with Crippen molar-refractivity contribution in [2.45, 2.75) is 17.6 Å². The minimum Gasteiger partial charge on any atom is -0.496 e. The second-order valence-corrected chi connectivity index (χ2v) is 5.69. The van der Waals surface area contributed by atoms with E-state index in [1.807, 2.05) is 49.4 Å². The number of methoxy groups -OCH3 is 1. The summed E-state index contributed by atoms with van der Waals surface area (Å²) in [7, 11) is 0.490. The molecule has 2 rings (SSSR count). The molecule has 0 fully saturated rings. The number of para-hydroxylation sites is 1. The molecule has 0 saturated carbocycles. The van der Waals surface area contributed by atoms with Gasteiger partial charge in [-0.25, -0.2) is 0 Å². The van der Waals surface area contributed by atoms with E-state index in [9.17, 15) is 4.21 Å². The number of benzene rings is 2. The molecule has 0 aromatic heterocycles. The summed E-state index contributed by atoms with van der Waals surface area (Å²) < 4.78 is 17.7. The van der Waals surface area contributed by atoms with Crippen LogP contribution in [-0.2, 0) is 16.6 Å². The van der Waals surface area contributed by atoms with Gasteiger partial charge in [0.1, 0.15) is 5.75 Å². The number of nitrogen functional groups attached to an aromatic ring is 1. The molecule has 0 heterocycles. The Hall–Kier alpha value is -1.81. The zero-order chi connectivity index (χ0) is 13.8. The summed E-state index contributed by atoms with van der Waals surface area (Å²) in [5.41, 5.74) is 8.34. The van der Waals surface area contributed by atoms with E-state index in [-0.39, 0.29) is 0 Å². The molecule has 3 nitrogen and oxygen atoms in total. The van der Waals surface area contributed by atoms with Crippen molar-refractivity contribution in [2.24, 2.45) is 0 Å². The Balaban J connectivity index is 2.28. The van der Waals surface area contributed by atoms with Crippen molar-refractivity contribution in [1.29, 1.82) is 0 Å². The summed E-state index contributed by atoms with van der Waals surface area (Å²) in [5.74, 6) is 1.19. The van der Waals surface area contributed by atoms with Gasteiger partial charge < -0.3 is 10.5 Å². The summed E-state index contributed by atoms with van der Waals surface area (Å²) in [6.45, 7) is 1.89. The number of hydrogen-bond donors (Lipinski definition) is 1. The molecule has 0 aliphatic carbocycles. The van der Waals surface area contributed by atoms with E-state index < -0.39 is 10.8 Å². The van der Waals surface area contributed by atoms with E-state index in [1.165, 1.54) is 0 Å². The SMILES string of the molecule is COc1ccccc1CS(=O)c1cccc(N)c1C. The van der Waals surface area contributed by atoms with Crippen LogP contribution in [0.3, 0.4) is 0 Å². The summed E-state index contributed by atoms with van der Waals surface area (Å²) in [4.78, 5) is 0.783. The standard InChI is InChI=1S/C15H17NO2S/c1-11-13(16)7-5-9-15(11)19(17)10-12-6-3-4-8-14(12)18-2/h3-9H,10,16H2,1-2H3. The number of hydrogen-bond acceptors (Lipinski definition) is 3. The summed E-state index contributed by atoms with van der Waals surface area (Å²) >= 11 is 0. The van der Waals surface area contributed by atoms with Crippen molar-refractivity contribution >= 4 is 16.5 Å². The number of ether oxygens (including phenoxy) is 1. The van der Waals surface area contributed by atoms with E-state index in [0.717, 1.165) is 21.8 Å². The second-order valence-electron chi connectivity index (χ2n) is 4.27. The molecule has 2 aromatic carbocycles. The first-order valence-electron chi connectivity index (χ1n) is 5.99. The maximum Gasteiger partial charge on any atom is 0.122 e. The van der Waals surface area contributed by atoms with Gasteiger partial charge in [0.25, 0.3) is 0 Å². The fourth-order valence-corrected chi connectivity index (χ4v) is 3.29. The van der Waals surface area contributed by atoms with Crippen LogP contribution in [0.5, 0.6) is 5.75 Å². The molecule has 19 heavy (non-hydrogen) atoms. The first-order chi connectivity index (χ1) is 9.13. The van der Waals surface area contributed by atoms with Crippen molar-refractivity contribution in [3.63, 3.8) is 0 Å². The van der Waals surface area contributed by atoms with Crippen LogP contribution >= 0.6 is 0 Å². The molecule has 0 aliphatic heterocycles. The van der Waals surface area contributed by atoms with Crippen LogP contribution in [0, 0.1) is 6.92 Å². The quantitative estimate of drug-likeness (QED) is 0.873. The lowest BCUT2D eigenvalue weighted by Gasteiger charge is -2.10. The van der Waals surface area contributed by atoms with Crippen molar-refractivity contribution in [1.82, 2.24) is 0 Å². The van der Waals surface area contributed by atoms with Gasteiger partial charge in [0.2, 0.25) is 0 Å².